The SMILES string of the molecule is CS(=O)(=O)N(CC(=O)Nc1ccc(F)cc1F)c1ccc(F)c(F)c1. The molecule has 1 N–H and O–H groups in total. The zero-order valence-corrected chi connectivity index (χ0v) is 13.6. The van der Waals surface area contributed by atoms with E-state index in [1.54, 1.807) is 0 Å². The monoisotopic (exact) mass is 376 g/mol. The van der Waals surface area contributed by atoms with Crippen molar-refractivity contribution in [2.75, 3.05) is 22.4 Å². The van der Waals surface area contributed by atoms with Crippen molar-refractivity contribution in [3.63, 3.8) is 0 Å². The van der Waals surface area contributed by atoms with Gasteiger partial charge < -0.3 is 5.32 Å². The maximum absolute atomic E-state index is 13.5. The number of carbonyl (C=O) groups is 1. The molecule has 0 fully saturated rings. The first kappa shape index (κ1) is 18.7. The molecule has 5 nitrogen and oxygen atoms in total. The predicted molar refractivity (Wildman–Crippen MR) is 83.5 cm³/mol. The van der Waals surface area contributed by atoms with E-state index in [2.05, 4.69) is 5.32 Å². The Balaban J connectivity index is 2.25. The molecule has 0 saturated heterocycles. The summed E-state index contributed by atoms with van der Waals surface area (Å²) in [5.41, 5.74) is -0.638. The third-order valence-electron chi connectivity index (χ3n) is 3.08. The molecule has 0 heterocycles. The fraction of sp³-hybridized carbons (Fsp3) is 0.133. The Labute approximate surface area is 140 Å². The number of hydrogen-bond acceptors (Lipinski definition) is 3. The Morgan fingerprint density at radius 1 is 1.00 bits per heavy atom. The van der Waals surface area contributed by atoms with Crippen LogP contribution in [0.1, 0.15) is 0 Å². The van der Waals surface area contributed by atoms with Gasteiger partial charge in [0, 0.05) is 12.1 Å². The lowest BCUT2D eigenvalue weighted by Crippen LogP contribution is -2.37. The van der Waals surface area contributed by atoms with Crippen molar-refractivity contribution in [1.29, 1.82) is 0 Å². The van der Waals surface area contributed by atoms with Crippen molar-refractivity contribution in [1.82, 2.24) is 0 Å². The van der Waals surface area contributed by atoms with E-state index in [4.69, 9.17) is 0 Å². The molecule has 2 rings (SSSR count). The highest BCUT2D eigenvalue weighted by molar-refractivity contribution is 7.92. The summed E-state index contributed by atoms with van der Waals surface area (Å²) in [5.74, 6) is -5.34. The molecule has 0 saturated carbocycles. The van der Waals surface area contributed by atoms with Gasteiger partial charge in [-0.25, -0.2) is 26.0 Å². The highest BCUT2D eigenvalue weighted by Crippen LogP contribution is 2.21. The summed E-state index contributed by atoms with van der Waals surface area (Å²) in [6, 6.07) is 4.71. The molecular formula is C15H12F4N2O3S. The van der Waals surface area contributed by atoms with Crippen molar-refractivity contribution < 1.29 is 30.8 Å². The Hall–Kier alpha value is -2.62. The van der Waals surface area contributed by atoms with Gasteiger partial charge >= 0.3 is 0 Å². The molecule has 2 aromatic carbocycles. The Kier molecular flexibility index (Phi) is 5.31. The summed E-state index contributed by atoms with van der Waals surface area (Å²) in [6.45, 7) is -0.819. The van der Waals surface area contributed by atoms with Crippen LogP contribution in [0.5, 0.6) is 0 Å². The Morgan fingerprint density at radius 3 is 2.24 bits per heavy atom. The van der Waals surface area contributed by atoms with Crippen molar-refractivity contribution in [3.05, 3.63) is 59.7 Å². The van der Waals surface area contributed by atoms with Gasteiger partial charge in [0.25, 0.3) is 0 Å². The average molecular weight is 376 g/mol. The van der Waals surface area contributed by atoms with Crippen LogP contribution in [0.3, 0.4) is 0 Å². The molecule has 0 bridgehead atoms. The van der Waals surface area contributed by atoms with E-state index in [9.17, 15) is 30.8 Å². The van der Waals surface area contributed by atoms with Crippen molar-refractivity contribution in [2.24, 2.45) is 0 Å². The van der Waals surface area contributed by atoms with Gasteiger partial charge in [0.1, 0.15) is 18.2 Å². The Morgan fingerprint density at radius 2 is 1.68 bits per heavy atom. The number of sulfonamides is 1. The fourth-order valence-electron chi connectivity index (χ4n) is 1.95. The molecular weight excluding hydrogens is 364 g/mol. The van der Waals surface area contributed by atoms with Gasteiger partial charge in [0.2, 0.25) is 15.9 Å². The molecule has 0 unspecified atom stereocenters. The van der Waals surface area contributed by atoms with Crippen molar-refractivity contribution in [2.45, 2.75) is 0 Å². The maximum Gasteiger partial charge on any atom is 0.245 e. The topological polar surface area (TPSA) is 66.5 Å². The number of nitrogens with zero attached hydrogens (tertiary/aromatic N) is 1. The van der Waals surface area contributed by atoms with Crippen LogP contribution >= 0.6 is 0 Å². The largest absolute Gasteiger partial charge is 0.322 e. The fourth-order valence-corrected chi connectivity index (χ4v) is 2.80. The van der Waals surface area contributed by atoms with Crippen LogP contribution in [0.4, 0.5) is 28.9 Å². The van der Waals surface area contributed by atoms with Crippen LogP contribution < -0.4 is 9.62 Å². The van der Waals surface area contributed by atoms with E-state index in [0.717, 1.165) is 24.5 Å². The molecule has 0 aliphatic carbocycles. The van der Waals surface area contributed by atoms with E-state index in [1.165, 1.54) is 0 Å². The molecule has 0 radical (unpaired) electrons. The minimum Gasteiger partial charge on any atom is -0.322 e. The van der Waals surface area contributed by atoms with Gasteiger partial charge in [-0.3, -0.25) is 9.10 Å². The molecule has 1 amide bonds. The number of halogens is 4. The zero-order valence-electron chi connectivity index (χ0n) is 12.8. The van der Waals surface area contributed by atoms with Gasteiger partial charge in [0.15, 0.2) is 11.6 Å². The molecule has 134 valence electrons. The van der Waals surface area contributed by atoms with Crippen LogP contribution in [0, 0.1) is 23.3 Å². The van der Waals surface area contributed by atoms with E-state index in [1.807, 2.05) is 0 Å². The van der Waals surface area contributed by atoms with Gasteiger partial charge in [-0.05, 0) is 24.3 Å². The summed E-state index contributed by atoms with van der Waals surface area (Å²) in [5, 5.41) is 2.08. The summed E-state index contributed by atoms with van der Waals surface area (Å²) >= 11 is 0. The lowest BCUT2D eigenvalue weighted by atomic mass is 10.3. The van der Waals surface area contributed by atoms with Crippen molar-refractivity contribution in [3.8, 4) is 0 Å². The smallest absolute Gasteiger partial charge is 0.245 e. The zero-order chi connectivity index (χ0) is 18.8. The second-order valence-electron chi connectivity index (χ2n) is 5.04. The highest BCUT2D eigenvalue weighted by Gasteiger charge is 2.22. The van der Waals surface area contributed by atoms with E-state index in [0.29, 0.717) is 22.5 Å². The number of benzene rings is 2. The molecule has 0 aliphatic rings. The van der Waals surface area contributed by atoms with Crippen LogP contribution in [0.2, 0.25) is 0 Å². The van der Waals surface area contributed by atoms with Crippen molar-refractivity contribution >= 4 is 27.3 Å². The highest BCUT2D eigenvalue weighted by atomic mass is 32.2. The average Bonchev–Trinajstić information content (AvgIpc) is 2.49. The second kappa shape index (κ2) is 7.09. The number of anilines is 2. The lowest BCUT2D eigenvalue weighted by Gasteiger charge is -2.22. The molecule has 10 heteroatoms. The predicted octanol–water partition coefficient (Wildman–Crippen LogP) is 2.65. The first-order chi connectivity index (χ1) is 11.6. The molecule has 2 aromatic rings. The number of hydrogen-bond donors (Lipinski definition) is 1. The van der Waals surface area contributed by atoms with Gasteiger partial charge in [-0.1, -0.05) is 0 Å². The van der Waals surface area contributed by atoms with Gasteiger partial charge in [0.05, 0.1) is 17.6 Å². The Bertz CT molecular complexity index is 919. The molecule has 0 aliphatic heterocycles. The number of nitrogens with one attached hydrogen (secondary N) is 1. The first-order valence-electron chi connectivity index (χ1n) is 6.75. The third kappa shape index (κ3) is 4.69. The van der Waals surface area contributed by atoms with Crippen LogP contribution in [-0.2, 0) is 14.8 Å². The van der Waals surface area contributed by atoms with Crippen LogP contribution in [0.25, 0.3) is 0 Å². The number of rotatable bonds is 5. The summed E-state index contributed by atoms with van der Waals surface area (Å²) < 4.78 is 76.9. The molecule has 0 spiro atoms. The van der Waals surface area contributed by atoms with Crippen LogP contribution in [-0.4, -0.2) is 27.1 Å². The summed E-state index contributed by atoms with van der Waals surface area (Å²) in [4.78, 5) is 12.0. The first-order valence-corrected chi connectivity index (χ1v) is 8.60. The van der Waals surface area contributed by atoms with Crippen LogP contribution in [0.15, 0.2) is 36.4 Å². The quantitative estimate of drug-likeness (QED) is 0.816. The maximum atomic E-state index is 13.5. The number of carbonyl (C=O) groups excluding carboxylic acids is 1. The minimum atomic E-state index is -4.02. The normalized spacial score (nSPS) is 11.2. The van der Waals surface area contributed by atoms with Gasteiger partial charge in [-0.15, -0.1) is 0 Å². The summed E-state index contributed by atoms with van der Waals surface area (Å²) in [6.07, 6.45) is 0.764. The van der Waals surface area contributed by atoms with E-state index < -0.39 is 45.7 Å². The lowest BCUT2D eigenvalue weighted by molar-refractivity contribution is -0.114. The van der Waals surface area contributed by atoms with E-state index in [-0.39, 0.29) is 11.4 Å². The third-order valence-corrected chi connectivity index (χ3v) is 4.22. The van der Waals surface area contributed by atoms with E-state index >= 15 is 0 Å². The molecule has 0 aromatic heterocycles. The minimum absolute atomic E-state index is 0.281. The number of amides is 1. The molecule has 25 heavy (non-hydrogen) atoms. The summed E-state index contributed by atoms with van der Waals surface area (Å²) in [7, 11) is -4.02. The standard InChI is InChI=1S/C15H12F4N2O3S/c1-25(23,24)21(10-3-4-11(17)12(18)7-10)8-15(22)20-14-5-2-9(16)6-13(14)19/h2-7H,8H2,1H3,(H,20,22). The molecule has 0 atom stereocenters. The van der Waals surface area contributed by atoms with Gasteiger partial charge in [-0.2, -0.15) is 0 Å². The second-order valence-corrected chi connectivity index (χ2v) is 6.95.